The van der Waals surface area contributed by atoms with Crippen LogP contribution in [0.5, 0.6) is 5.88 Å². The third kappa shape index (κ3) is 3.37. The summed E-state index contributed by atoms with van der Waals surface area (Å²) in [5.41, 5.74) is 0.347. The Balaban J connectivity index is 1.20. The fourth-order valence-electron chi connectivity index (χ4n) is 9.04. The molecule has 6 rings (SSSR count). The standard InChI is InChI=1S/C28H38N2O3/c1-27(33)13-11-18-17(15-27)7-8-20-19(18)12-14-28(2)22(20)9-10-23(28)25(31)16-30-26(32)21-5-3-4-6-24(21)29-30/h3-6,17-20,22-23,32-33H,7-16H2,1-2H3/t17-,18+,19-,20+,22+,23-,27-,28+/m1/s1. The van der Waals surface area contributed by atoms with Gasteiger partial charge in [-0.15, -0.1) is 0 Å². The predicted molar refractivity (Wildman–Crippen MR) is 128 cm³/mol. The molecule has 8 atom stereocenters. The first-order chi connectivity index (χ1) is 15.8. The SMILES string of the molecule is C[C@@]1(O)CC[C@H]2[C@H](CC[C@H]3[C@@H]2CC[C@]2(C)[C@@H](C(=O)Cn4nc5ccccc5c4O)CC[C@@H]32)C1. The first kappa shape index (κ1) is 21.6. The fraction of sp³-hybridized carbons (Fsp3) is 0.714. The lowest BCUT2D eigenvalue weighted by Crippen LogP contribution is -2.51. The van der Waals surface area contributed by atoms with Gasteiger partial charge in [0.25, 0.3) is 0 Å². The van der Waals surface area contributed by atoms with Crippen LogP contribution in [0.1, 0.15) is 71.6 Å². The van der Waals surface area contributed by atoms with Crippen LogP contribution in [0, 0.1) is 40.9 Å². The maximum atomic E-state index is 13.6. The highest BCUT2D eigenvalue weighted by atomic mass is 16.3. The van der Waals surface area contributed by atoms with Crippen LogP contribution >= 0.6 is 0 Å². The Bertz CT molecular complexity index is 1070. The minimum atomic E-state index is -0.467. The number of hydrogen-bond acceptors (Lipinski definition) is 4. The zero-order chi connectivity index (χ0) is 23.0. The van der Waals surface area contributed by atoms with E-state index in [-0.39, 0.29) is 29.5 Å². The third-order valence-corrected chi connectivity index (χ3v) is 10.5. The molecule has 0 unspecified atom stereocenters. The van der Waals surface area contributed by atoms with Gasteiger partial charge in [0.2, 0.25) is 5.88 Å². The summed E-state index contributed by atoms with van der Waals surface area (Å²) in [5, 5.41) is 26.4. The number of Topliss-reactive ketones (excluding diaryl/α,β-unsaturated/α-hetero) is 1. The number of carbonyl (C=O) groups is 1. The van der Waals surface area contributed by atoms with Gasteiger partial charge in [0.1, 0.15) is 6.54 Å². The largest absolute Gasteiger partial charge is 0.493 e. The first-order valence-corrected chi connectivity index (χ1v) is 13.2. The van der Waals surface area contributed by atoms with Gasteiger partial charge in [-0.05, 0) is 112 Å². The molecule has 1 heterocycles. The van der Waals surface area contributed by atoms with E-state index < -0.39 is 5.60 Å². The molecule has 0 saturated heterocycles. The monoisotopic (exact) mass is 450 g/mol. The molecular formula is C28H38N2O3. The van der Waals surface area contributed by atoms with Crippen LogP contribution in [-0.2, 0) is 11.3 Å². The van der Waals surface area contributed by atoms with Crippen molar-refractivity contribution in [3.8, 4) is 5.88 Å². The number of hydrogen-bond donors (Lipinski definition) is 2. The second-order valence-corrected chi connectivity index (χ2v) is 12.3. The normalized spacial score (nSPS) is 42.5. The van der Waals surface area contributed by atoms with E-state index in [1.807, 2.05) is 31.2 Å². The molecule has 4 fully saturated rings. The van der Waals surface area contributed by atoms with Crippen molar-refractivity contribution in [2.24, 2.45) is 40.9 Å². The average molecular weight is 451 g/mol. The van der Waals surface area contributed by atoms with E-state index in [9.17, 15) is 15.0 Å². The molecule has 1 aromatic carbocycles. The number of benzene rings is 1. The molecule has 178 valence electrons. The van der Waals surface area contributed by atoms with Crippen molar-refractivity contribution < 1.29 is 15.0 Å². The van der Waals surface area contributed by atoms with Crippen LogP contribution in [0.4, 0.5) is 0 Å². The predicted octanol–water partition coefficient (Wildman–Crippen LogP) is 5.33. The summed E-state index contributed by atoms with van der Waals surface area (Å²) in [6.45, 7) is 4.59. The zero-order valence-electron chi connectivity index (χ0n) is 20.0. The fourth-order valence-corrected chi connectivity index (χ4v) is 9.04. The van der Waals surface area contributed by atoms with Crippen LogP contribution in [0.3, 0.4) is 0 Å². The van der Waals surface area contributed by atoms with Crippen molar-refractivity contribution in [1.82, 2.24) is 9.78 Å². The van der Waals surface area contributed by atoms with Crippen molar-refractivity contribution in [3.63, 3.8) is 0 Å². The van der Waals surface area contributed by atoms with Gasteiger partial charge in [-0.3, -0.25) is 4.79 Å². The van der Waals surface area contributed by atoms with Crippen molar-refractivity contribution in [3.05, 3.63) is 24.3 Å². The van der Waals surface area contributed by atoms with Gasteiger partial charge >= 0.3 is 0 Å². The van der Waals surface area contributed by atoms with E-state index in [1.54, 1.807) is 0 Å². The lowest BCUT2D eigenvalue weighted by molar-refractivity contribution is -0.133. The number of ketones is 1. The lowest BCUT2D eigenvalue weighted by atomic mass is 9.49. The number of fused-ring (bicyclic) bond motifs is 6. The Morgan fingerprint density at radius 2 is 1.82 bits per heavy atom. The molecule has 4 aliphatic carbocycles. The van der Waals surface area contributed by atoms with Gasteiger partial charge in [0.05, 0.1) is 16.5 Å². The second-order valence-electron chi connectivity index (χ2n) is 12.3. The molecule has 0 aliphatic heterocycles. The molecule has 2 N–H and O–H groups in total. The Kier molecular flexibility index (Phi) is 4.96. The molecule has 0 bridgehead atoms. The summed E-state index contributed by atoms with van der Waals surface area (Å²) in [6, 6.07) is 7.53. The molecule has 5 nitrogen and oxygen atoms in total. The minimum Gasteiger partial charge on any atom is -0.493 e. The number of nitrogens with zero attached hydrogens (tertiary/aromatic N) is 2. The highest BCUT2D eigenvalue weighted by Gasteiger charge is 2.58. The number of rotatable bonds is 3. The first-order valence-electron chi connectivity index (χ1n) is 13.2. The molecule has 0 amide bonds. The summed E-state index contributed by atoms with van der Waals surface area (Å²) < 4.78 is 1.51. The van der Waals surface area contributed by atoms with Gasteiger partial charge in [0.15, 0.2) is 5.78 Å². The molecule has 1 aromatic heterocycles. The molecule has 2 aromatic rings. The van der Waals surface area contributed by atoms with Gasteiger partial charge in [-0.1, -0.05) is 19.1 Å². The van der Waals surface area contributed by atoms with Crippen molar-refractivity contribution in [2.75, 3.05) is 0 Å². The molecule has 5 heteroatoms. The van der Waals surface area contributed by atoms with Crippen LogP contribution in [0.25, 0.3) is 10.9 Å². The Labute approximate surface area is 196 Å². The molecular weight excluding hydrogens is 412 g/mol. The van der Waals surface area contributed by atoms with Gasteiger partial charge in [-0.25, -0.2) is 4.68 Å². The number of aliphatic hydroxyl groups is 1. The Hall–Kier alpha value is -1.88. The van der Waals surface area contributed by atoms with E-state index in [0.717, 1.165) is 55.4 Å². The summed E-state index contributed by atoms with van der Waals surface area (Å²) in [7, 11) is 0. The number of aromatic nitrogens is 2. The smallest absolute Gasteiger partial charge is 0.217 e. The Morgan fingerprint density at radius 1 is 1.03 bits per heavy atom. The van der Waals surface area contributed by atoms with E-state index in [2.05, 4.69) is 12.0 Å². The molecule has 4 aliphatic rings. The minimum absolute atomic E-state index is 0.0694. The van der Waals surface area contributed by atoms with Crippen LogP contribution in [-0.4, -0.2) is 31.4 Å². The summed E-state index contributed by atoms with van der Waals surface area (Å²) in [6.07, 6.45) is 10.1. The highest BCUT2D eigenvalue weighted by Crippen LogP contribution is 2.64. The van der Waals surface area contributed by atoms with Crippen LogP contribution in [0.15, 0.2) is 24.3 Å². The highest BCUT2D eigenvalue weighted by molar-refractivity contribution is 5.86. The summed E-state index contributed by atoms with van der Waals surface area (Å²) >= 11 is 0. The van der Waals surface area contributed by atoms with Gasteiger partial charge < -0.3 is 10.2 Å². The molecule has 0 radical (unpaired) electrons. The van der Waals surface area contributed by atoms with E-state index in [0.29, 0.717) is 17.2 Å². The van der Waals surface area contributed by atoms with E-state index >= 15 is 0 Å². The van der Waals surface area contributed by atoms with Crippen molar-refractivity contribution in [1.29, 1.82) is 0 Å². The van der Waals surface area contributed by atoms with Gasteiger partial charge in [0, 0.05) is 5.92 Å². The van der Waals surface area contributed by atoms with Crippen molar-refractivity contribution >= 4 is 16.7 Å². The molecule has 4 saturated carbocycles. The average Bonchev–Trinajstić information content (AvgIpc) is 3.29. The summed E-state index contributed by atoms with van der Waals surface area (Å²) in [5.74, 6) is 4.04. The Morgan fingerprint density at radius 3 is 2.64 bits per heavy atom. The van der Waals surface area contributed by atoms with E-state index in [1.165, 1.54) is 30.4 Å². The zero-order valence-corrected chi connectivity index (χ0v) is 20.0. The maximum Gasteiger partial charge on any atom is 0.217 e. The third-order valence-electron chi connectivity index (χ3n) is 10.5. The lowest BCUT2D eigenvalue weighted by Gasteiger charge is -2.56. The molecule has 33 heavy (non-hydrogen) atoms. The number of carbonyl (C=O) groups excluding carboxylic acids is 1. The number of aromatic hydroxyl groups is 1. The van der Waals surface area contributed by atoms with Crippen LogP contribution in [0.2, 0.25) is 0 Å². The van der Waals surface area contributed by atoms with Gasteiger partial charge in [-0.2, -0.15) is 5.10 Å². The molecule has 0 spiro atoms. The van der Waals surface area contributed by atoms with Crippen molar-refractivity contribution in [2.45, 2.75) is 83.8 Å². The van der Waals surface area contributed by atoms with E-state index in [4.69, 9.17) is 0 Å². The second kappa shape index (κ2) is 7.56. The summed E-state index contributed by atoms with van der Waals surface area (Å²) in [4.78, 5) is 13.6. The topological polar surface area (TPSA) is 75.3 Å². The maximum absolute atomic E-state index is 13.6. The van der Waals surface area contributed by atoms with Crippen LogP contribution < -0.4 is 0 Å². The quantitative estimate of drug-likeness (QED) is 0.663.